The Balaban J connectivity index is 1.80. The number of aromatic amines is 1. The molecule has 0 aliphatic carbocycles. The van der Waals surface area contributed by atoms with E-state index in [0.29, 0.717) is 0 Å². The van der Waals surface area contributed by atoms with Gasteiger partial charge in [0, 0.05) is 16.4 Å². The number of hydrogen-bond donors (Lipinski definition) is 1. The monoisotopic (exact) mass is 357 g/mol. The maximum atomic E-state index is 6.28. The van der Waals surface area contributed by atoms with Crippen LogP contribution in [0.25, 0.3) is 11.0 Å². The number of hydrogen-bond acceptors (Lipinski definition) is 4. The van der Waals surface area contributed by atoms with Crippen LogP contribution < -0.4 is 0 Å². The van der Waals surface area contributed by atoms with Crippen molar-refractivity contribution in [2.45, 2.75) is 46.4 Å². The molecule has 3 aromatic rings. The van der Waals surface area contributed by atoms with Crippen molar-refractivity contribution >= 4 is 22.4 Å². The second kappa shape index (κ2) is 8.61. The van der Waals surface area contributed by atoms with Gasteiger partial charge in [-0.3, -0.25) is 4.90 Å². The Morgan fingerprint density at radius 2 is 2.04 bits per heavy atom. The second-order valence-electron chi connectivity index (χ2n) is 6.29. The summed E-state index contributed by atoms with van der Waals surface area (Å²) in [6.07, 6.45) is 2.22. The van der Waals surface area contributed by atoms with Gasteiger partial charge in [0.1, 0.15) is 12.1 Å². The van der Waals surface area contributed by atoms with E-state index in [4.69, 9.17) is 9.72 Å². The van der Waals surface area contributed by atoms with E-state index in [0.717, 1.165) is 49.4 Å². The van der Waals surface area contributed by atoms with Crippen molar-refractivity contribution < 1.29 is 4.74 Å². The summed E-state index contributed by atoms with van der Waals surface area (Å²) < 4.78 is 6.28. The largest absolute Gasteiger partial charge is 0.358 e. The van der Waals surface area contributed by atoms with Crippen LogP contribution in [0.5, 0.6) is 0 Å². The molecule has 0 saturated heterocycles. The lowest BCUT2D eigenvalue weighted by molar-refractivity contribution is -0.0645. The second-order valence-corrected chi connectivity index (χ2v) is 7.61. The maximum Gasteiger partial charge on any atom is 0.146 e. The zero-order chi connectivity index (χ0) is 17.6. The molecule has 1 unspecified atom stereocenters. The highest BCUT2D eigenvalue weighted by Gasteiger charge is 2.22. The first-order valence-electron chi connectivity index (χ1n) is 9.06. The fourth-order valence-electron chi connectivity index (χ4n) is 2.93. The molecule has 0 radical (unpaired) electrons. The molecular formula is C20H27N3OS. The van der Waals surface area contributed by atoms with Gasteiger partial charge >= 0.3 is 0 Å². The Morgan fingerprint density at radius 1 is 1.20 bits per heavy atom. The highest BCUT2D eigenvalue weighted by atomic mass is 32.1. The van der Waals surface area contributed by atoms with Gasteiger partial charge < -0.3 is 9.72 Å². The van der Waals surface area contributed by atoms with Gasteiger partial charge in [-0.25, -0.2) is 4.98 Å². The highest BCUT2D eigenvalue weighted by Crippen LogP contribution is 2.30. The topological polar surface area (TPSA) is 41.1 Å². The number of rotatable bonds is 9. The van der Waals surface area contributed by atoms with Crippen LogP contribution in [0.15, 0.2) is 36.4 Å². The minimum atomic E-state index is -0.0107. The molecule has 0 aliphatic heterocycles. The van der Waals surface area contributed by atoms with E-state index in [1.54, 1.807) is 0 Å². The molecule has 1 N–H and O–H groups in total. The van der Waals surface area contributed by atoms with E-state index in [1.807, 2.05) is 29.5 Å². The summed E-state index contributed by atoms with van der Waals surface area (Å²) in [6, 6.07) is 12.5. The first-order chi connectivity index (χ1) is 12.2. The summed E-state index contributed by atoms with van der Waals surface area (Å²) in [4.78, 5) is 13.1. The molecule has 4 nitrogen and oxygen atoms in total. The number of thiophene rings is 1. The summed E-state index contributed by atoms with van der Waals surface area (Å²) in [7, 11) is 0. The summed E-state index contributed by atoms with van der Waals surface area (Å²) in [6.45, 7) is 8.96. The molecule has 0 spiro atoms. The van der Waals surface area contributed by atoms with Crippen LogP contribution in [0.3, 0.4) is 0 Å². The van der Waals surface area contributed by atoms with Crippen LogP contribution in [-0.2, 0) is 11.3 Å². The normalized spacial score (nSPS) is 13.0. The zero-order valence-electron chi connectivity index (χ0n) is 15.3. The number of aryl methyl sites for hydroxylation is 1. The third-order valence-corrected chi connectivity index (χ3v) is 5.34. The van der Waals surface area contributed by atoms with Crippen molar-refractivity contribution in [3.05, 3.63) is 52.0 Å². The Kier molecular flexibility index (Phi) is 6.24. The molecule has 1 aromatic carbocycles. The smallest absolute Gasteiger partial charge is 0.146 e. The van der Waals surface area contributed by atoms with E-state index in [1.165, 1.54) is 9.75 Å². The Labute approximate surface area is 153 Å². The average Bonchev–Trinajstić information content (AvgIpc) is 3.22. The number of nitrogens with one attached hydrogen (secondary N) is 1. The van der Waals surface area contributed by atoms with Crippen LogP contribution >= 0.6 is 11.3 Å². The van der Waals surface area contributed by atoms with Crippen LogP contribution in [0.1, 0.15) is 48.5 Å². The van der Waals surface area contributed by atoms with Crippen LogP contribution in [0.4, 0.5) is 0 Å². The molecule has 0 fully saturated rings. The third-order valence-electron chi connectivity index (χ3n) is 4.31. The van der Waals surface area contributed by atoms with Gasteiger partial charge in [-0.1, -0.05) is 32.4 Å². The van der Waals surface area contributed by atoms with Crippen LogP contribution in [0, 0.1) is 6.92 Å². The number of nitrogens with zero attached hydrogens (tertiary/aromatic N) is 2. The van der Waals surface area contributed by atoms with Crippen molar-refractivity contribution in [2.24, 2.45) is 0 Å². The Hall–Kier alpha value is -1.69. The molecule has 2 heterocycles. The summed E-state index contributed by atoms with van der Waals surface area (Å²) >= 11 is 1.82. The molecule has 2 aromatic heterocycles. The predicted octanol–water partition coefficient (Wildman–Crippen LogP) is 5.27. The molecule has 0 saturated carbocycles. The van der Waals surface area contributed by atoms with Gasteiger partial charge in [0.2, 0.25) is 0 Å². The van der Waals surface area contributed by atoms with Gasteiger partial charge in [0.15, 0.2) is 0 Å². The SMILES string of the molecule is CCCCOC(c1ccc(C)s1)N(CC)Cc1nc2ccccc2[nH]1. The number of fused-ring (bicyclic) bond motifs is 1. The number of unbranched alkanes of at least 4 members (excludes halogenated alkanes) is 1. The minimum absolute atomic E-state index is 0.0107. The molecule has 1 atom stereocenters. The Morgan fingerprint density at radius 3 is 2.72 bits per heavy atom. The van der Waals surface area contributed by atoms with Gasteiger partial charge in [-0.05, 0) is 44.2 Å². The first-order valence-corrected chi connectivity index (χ1v) is 9.88. The molecule has 134 valence electrons. The van der Waals surface area contributed by atoms with Gasteiger partial charge in [-0.2, -0.15) is 0 Å². The standard InChI is InChI=1S/C20H27N3OS/c1-4-6-13-24-20(18-12-11-15(3)25-18)23(5-2)14-19-21-16-9-7-8-10-17(16)22-19/h7-12,20H,4-6,13-14H2,1-3H3,(H,21,22). The number of imidazole rings is 1. The predicted molar refractivity (Wildman–Crippen MR) is 105 cm³/mol. The Bertz CT molecular complexity index is 762. The van der Waals surface area contributed by atoms with Gasteiger partial charge in [-0.15, -0.1) is 11.3 Å². The van der Waals surface area contributed by atoms with Crippen molar-refractivity contribution in [3.63, 3.8) is 0 Å². The van der Waals surface area contributed by atoms with E-state index in [9.17, 15) is 0 Å². The molecule has 0 bridgehead atoms. The highest BCUT2D eigenvalue weighted by molar-refractivity contribution is 7.12. The summed E-state index contributed by atoms with van der Waals surface area (Å²) in [5.41, 5.74) is 2.10. The summed E-state index contributed by atoms with van der Waals surface area (Å²) in [5.74, 6) is 0.986. The lowest BCUT2D eigenvalue weighted by atomic mass is 10.3. The molecule has 25 heavy (non-hydrogen) atoms. The van der Waals surface area contributed by atoms with Gasteiger partial charge in [0.05, 0.1) is 17.6 Å². The zero-order valence-corrected chi connectivity index (χ0v) is 16.1. The minimum Gasteiger partial charge on any atom is -0.358 e. The lowest BCUT2D eigenvalue weighted by Crippen LogP contribution is -2.30. The fraction of sp³-hybridized carbons (Fsp3) is 0.450. The summed E-state index contributed by atoms with van der Waals surface area (Å²) in [5, 5.41) is 0. The number of benzene rings is 1. The van der Waals surface area contributed by atoms with Gasteiger partial charge in [0.25, 0.3) is 0 Å². The van der Waals surface area contributed by atoms with Crippen molar-refractivity contribution in [1.29, 1.82) is 0 Å². The number of para-hydroxylation sites is 2. The lowest BCUT2D eigenvalue weighted by Gasteiger charge is -2.29. The molecular weight excluding hydrogens is 330 g/mol. The number of H-pyrrole nitrogens is 1. The third kappa shape index (κ3) is 4.48. The molecule has 0 aliphatic rings. The first kappa shape index (κ1) is 18.1. The van der Waals surface area contributed by atoms with E-state index in [-0.39, 0.29) is 6.23 Å². The molecule has 3 rings (SSSR count). The fourth-order valence-corrected chi connectivity index (χ4v) is 3.89. The molecule has 5 heteroatoms. The number of aromatic nitrogens is 2. The average molecular weight is 358 g/mol. The van der Waals surface area contributed by atoms with Crippen LogP contribution in [0.2, 0.25) is 0 Å². The maximum absolute atomic E-state index is 6.28. The van der Waals surface area contributed by atoms with E-state index < -0.39 is 0 Å². The van der Waals surface area contributed by atoms with E-state index in [2.05, 4.69) is 48.9 Å². The van der Waals surface area contributed by atoms with Crippen molar-refractivity contribution in [3.8, 4) is 0 Å². The van der Waals surface area contributed by atoms with E-state index >= 15 is 0 Å². The van der Waals surface area contributed by atoms with Crippen LogP contribution in [-0.4, -0.2) is 28.0 Å². The quantitative estimate of drug-likeness (QED) is 0.419. The molecule has 0 amide bonds. The van der Waals surface area contributed by atoms with Crippen molar-refractivity contribution in [2.75, 3.05) is 13.2 Å². The van der Waals surface area contributed by atoms with Crippen molar-refractivity contribution in [1.82, 2.24) is 14.9 Å². The number of ether oxygens (including phenoxy) is 1.